The third kappa shape index (κ3) is 4.41. The average Bonchev–Trinajstić information content (AvgIpc) is 2.69. The molecule has 1 aromatic carbocycles. The predicted octanol–water partition coefficient (Wildman–Crippen LogP) is 4.21. The molecular weight excluding hydrogens is 416 g/mol. The summed E-state index contributed by atoms with van der Waals surface area (Å²) >= 11 is 0. The van der Waals surface area contributed by atoms with Crippen molar-refractivity contribution in [1.82, 2.24) is 9.55 Å². The van der Waals surface area contributed by atoms with Gasteiger partial charge in [0, 0.05) is 24.0 Å². The van der Waals surface area contributed by atoms with Gasteiger partial charge in [0.1, 0.15) is 17.1 Å². The molecule has 3 aromatic rings. The number of benzene rings is 1. The predicted molar refractivity (Wildman–Crippen MR) is 108 cm³/mol. The summed E-state index contributed by atoms with van der Waals surface area (Å²) in [5.74, 6) is -0.411. The molecule has 0 radical (unpaired) electrons. The summed E-state index contributed by atoms with van der Waals surface area (Å²) in [6, 6.07) is 7.64. The van der Waals surface area contributed by atoms with Crippen LogP contribution in [0, 0.1) is 5.82 Å². The van der Waals surface area contributed by atoms with Gasteiger partial charge in [0.05, 0.1) is 19.2 Å². The van der Waals surface area contributed by atoms with E-state index in [1.807, 2.05) is 0 Å². The number of hydrogen-bond acceptors (Lipinski definition) is 4. The Labute approximate surface area is 175 Å². The van der Waals surface area contributed by atoms with Crippen molar-refractivity contribution in [3.8, 4) is 5.75 Å². The van der Waals surface area contributed by atoms with Crippen molar-refractivity contribution in [2.45, 2.75) is 44.0 Å². The van der Waals surface area contributed by atoms with Gasteiger partial charge in [-0.25, -0.2) is 4.39 Å². The Morgan fingerprint density at radius 2 is 1.87 bits per heavy atom. The third-order valence-electron chi connectivity index (χ3n) is 5.32. The fourth-order valence-electron chi connectivity index (χ4n) is 3.84. The van der Waals surface area contributed by atoms with Crippen LogP contribution in [0.4, 0.5) is 17.6 Å². The smallest absolute Gasteiger partial charge is 0.418 e. The second-order valence-electron chi connectivity index (χ2n) is 8.11. The molecule has 0 fully saturated rings. The number of halogens is 4. The molecule has 0 aliphatic rings. The van der Waals surface area contributed by atoms with Crippen molar-refractivity contribution < 1.29 is 27.4 Å². The maximum absolute atomic E-state index is 14.1. The van der Waals surface area contributed by atoms with Crippen LogP contribution >= 0.6 is 0 Å². The zero-order valence-electron chi connectivity index (χ0n) is 17.2. The van der Waals surface area contributed by atoms with Gasteiger partial charge in [0.25, 0.3) is 0 Å². The first-order chi connectivity index (χ1) is 14.4. The molecule has 0 bridgehead atoms. The number of hydrogen-bond donors (Lipinski definition) is 1. The molecule has 2 aromatic heterocycles. The van der Waals surface area contributed by atoms with Crippen LogP contribution < -0.4 is 10.2 Å². The van der Waals surface area contributed by atoms with Gasteiger partial charge < -0.3 is 14.4 Å². The van der Waals surface area contributed by atoms with E-state index in [0.29, 0.717) is 0 Å². The molecule has 1 N–H and O–H groups in total. The molecule has 31 heavy (non-hydrogen) atoms. The van der Waals surface area contributed by atoms with Gasteiger partial charge >= 0.3 is 6.18 Å². The average molecular weight is 438 g/mol. The van der Waals surface area contributed by atoms with Gasteiger partial charge in [-0.3, -0.25) is 9.78 Å². The lowest BCUT2D eigenvalue weighted by Gasteiger charge is -2.39. The number of rotatable bonds is 6. The molecule has 0 aliphatic carbocycles. The van der Waals surface area contributed by atoms with E-state index in [4.69, 9.17) is 4.74 Å². The fourth-order valence-corrected chi connectivity index (χ4v) is 3.84. The monoisotopic (exact) mass is 438 g/mol. The number of ether oxygens (including phenoxy) is 1. The Kier molecular flexibility index (Phi) is 5.84. The molecular formula is C22H22F4N2O3. The van der Waals surface area contributed by atoms with Crippen LogP contribution in [0.2, 0.25) is 0 Å². The minimum absolute atomic E-state index is 0.000541. The van der Waals surface area contributed by atoms with E-state index in [9.17, 15) is 27.5 Å². The third-order valence-corrected chi connectivity index (χ3v) is 5.32. The van der Waals surface area contributed by atoms with Crippen molar-refractivity contribution in [3.63, 3.8) is 0 Å². The van der Waals surface area contributed by atoms with E-state index in [0.717, 1.165) is 22.8 Å². The Hall–Kier alpha value is -2.94. The Morgan fingerprint density at radius 1 is 1.16 bits per heavy atom. The molecule has 1 unspecified atom stereocenters. The summed E-state index contributed by atoms with van der Waals surface area (Å²) < 4.78 is 62.6. The first-order valence-electron chi connectivity index (χ1n) is 9.45. The van der Waals surface area contributed by atoms with Crippen molar-refractivity contribution in [1.29, 1.82) is 0 Å². The maximum atomic E-state index is 14.1. The first kappa shape index (κ1) is 22.7. The number of methoxy groups -OCH3 is 1. The SMILES string of the molecule is COc1ccc(F)cc1C(C)(C)CC(O)(Cn1ccc(=O)c2ncccc21)C(F)(F)F. The van der Waals surface area contributed by atoms with Crippen LogP contribution in [0.15, 0.2) is 53.6 Å². The van der Waals surface area contributed by atoms with Crippen LogP contribution in [0.1, 0.15) is 25.8 Å². The minimum Gasteiger partial charge on any atom is -0.496 e. The number of fused-ring (bicyclic) bond motifs is 1. The standard InChI is InChI=1S/C22H22F4N2O3/c1-20(2,15-11-14(23)6-7-18(15)31-3)12-21(30,22(24,25)26)13-28-10-8-17(29)19-16(28)5-4-9-27-19/h4-11,30H,12-13H2,1-3H3. The van der Waals surface area contributed by atoms with Gasteiger partial charge in [-0.15, -0.1) is 0 Å². The molecule has 0 saturated heterocycles. The number of nitrogens with zero attached hydrogens (tertiary/aromatic N) is 2. The van der Waals surface area contributed by atoms with Gasteiger partial charge in [-0.05, 0) is 42.2 Å². The highest BCUT2D eigenvalue weighted by Crippen LogP contribution is 2.44. The highest BCUT2D eigenvalue weighted by molar-refractivity contribution is 5.73. The molecule has 9 heteroatoms. The van der Waals surface area contributed by atoms with Gasteiger partial charge in [-0.1, -0.05) is 13.8 Å². The molecule has 2 heterocycles. The quantitative estimate of drug-likeness (QED) is 0.586. The topological polar surface area (TPSA) is 64.3 Å². The number of pyridine rings is 2. The lowest BCUT2D eigenvalue weighted by Crippen LogP contribution is -2.52. The van der Waals surface area contributed by atoms with Crippen LogP contribution in [-0.4, -0.2) is 33.5 Å². The van der Waals surface area contributed by atoms with Crippen LogP contribution in [0.3, 0.4) is 0 Å². The highest BCUT2D eigenvalue weighted by Gasteiger charge is 2.56. The summed E-state index contributed by atoms with van der Waals surface area (Å²) in [6.45, 7) is 2.08. The molecule has 5 nitrogen and oxygen atoms in total. The molecule has 0 amide bonds. The molecule has 3 rings (SSSR count). The van der Waals surface area contributed by atoms with Crippen LogP contribution in [0.25, 0.3) is 11.0 Å². The molecule has 0 spiro atoms. The summed E-state index contributed by atoms with van der Waals surface area (Å²) in [7, 11) is 1.34. The number of aromatic nitrogens is 2. The normalized spacial score (nSPS) is 14.5. The second-order valence-corrected chi connectivity index (χ2v) is 8.11. The number of aliphatic hydroxyl groups is 1. The van der Waals surface area contributed by atoms with Gasteiger partial charge in [0.15, 0.2) is 5.60 Å². The summed E-state index contributed by atoms with van der Waals surface area (Å²) in [6.07, 6.45) is -3.23. The second kappa shape index (κ2) is 7.96. The van der Waals surface area contributed by atoms with Gasteiger partial charge in [0.2, 0.25) is 5.43 Å². The van der Waals surface area contributed by atoms with Crippen LogP contribution in [-0.2, 0) is 12.0 Å². The molecule has 166 valence electrons. The Balaban J connectivity index is 2.08. The summed E-state index contributed by atoms with van der Waals surface area (Å²) in [5.41, 5.74) is -4.58. The molecule has 1 atom stereocenters. The van der Waals surface area contributed by atoms with E-state index >= 15 is 0 Å². The lowest BCUT2D eigenvalue weighted by molar-refractivity contribution is -0.271. The fraction of sp³-hybridized carbons (Fsp3) is 0.364. The number of alkyl halides is 3. The highest BCUT2D eigenvalue weighted by atomic mass is 19.4. The first-order valence-corrected chi connectivity index (χ1v) is 9.45. The van der Waals surface area contributed by atoms with E-state index in [1.54, 1.807) is 0 Å². The van der Waals surface area contributed by atoms with E-state index < -0.39 is 41.4 Å². The largest absolute Gasteiger partial charge is 0.496 e. The molecule has 0 saturated carbocycles. The van der Waals surface area contributed by atoms with Crippen molar-refractivity contribution >= 4 is 11.0 Å². The molecule has 0 aliphatic heterocycles. The van der Waals surface area contributed by atoms with Crippen molar-refractivity contribution in [3.05, 3.63) is 70.4 Å². The van der Waals surface area contributed by atoms with Crippen molar-refractivity contribution in [2.24, 2.45) is 0 Å². The van der Waals surface area contributed by atoms with Crippen LogP contribution in [0.5, 0.6) is 5.75 Å². The maximum Gasteiger partial charge on any atom is 0.418 e. The Morgan fingerprint density at radius 3 is 2.52 bits per heavy atom. The lowest BCUT2D eigenvalue weighted by atomic mass is 9.74. The zero-order chi connectivity index (χ0) is 23.0. The van der Waals surface area contributed by atoms with E-state index in [1.165, 1.54) is 51.6 Å². The summed E-state index contributed by atoms with van der Waals surface area (Å²) in [5, 5.41) is 10.9. The Bertz CT molecular complexity index is 1160. The van der Waals surface area contributed by atoms with E-state index in [2.05, 4.69) is 4.98 Å². The minimum atomic E-state index is -5.01. The van der Waals surface area contributed by atoms with Gasteiger partial charge in [-0.2, -0.15) is 13.2 Å². The summed E-state index contributed by atoms with van der Waals surface area (Å²) in [4.78, 5) is 15.9. The zero-order valence-corrected chi connectivity index (χ0v) is 17.2. The van der Waals surface area contributed by atoms with Crippen molar-refractivity contribution in [2.75, 3.05) is 7.11 Å². The van der Waals surface area contributed by atoms with E-state index in [-0.39, 0.29) is 22.3 Å².